The van der Waals surface area contributed by atoms with Gasteiger partial charge in [0.15, 0.2) is 5.43 Å². The van der Waals surface area contributed by atoms with Crippen LogP contribution < -0.4 is 16.5 Å². The molecular weight excluding hydrogens is 326 g/mol. The summed E-state index contributed by atoms with van der Waals surface area (Å²) in [7, 11) is 0. The molecule has 26 heavy (non-hydrogen) atoms. The van der Waals surface area contributed by atoms with Crippen LogP contribution in [0.1, 0.15) is 50.1 Å². The summed E-state index contributed by atoms with van der Waals surface area (Å²) in [5.74, 6) is -0.276. The summed E-state index contributed by atoms with van der Waals surface area (Å²) in [6.07, 6.45) is 0. The fraction of sp³-hybridized carbons (Fsp3) is 0.429. The van der Waals surface area contributed by atoms with Crippen molar-refractivity contribution in [1.82, 2.24) is 10.3 Å². The van der Waals surface area contributed by atoms with Crippen LogP contribution in [0.2, 0.25) is 0 Å². The van der Waals surface area contributed by atoms with Gasteiger partial charge in [-0.15, -0.1) is 0 Å². The third kappa shape index (κ3) is 4.41. The van der Waals surface area contributed by atoms with Gasteiger partial charge < -0.3 is 16.0 Å². The first-order valence-electron chi connectivity index (χ1n) is 8.88. The van der Waals surface area contributed by atoms with Crippen molar-refractivity contribution >= 4 is 5.91 Å². The Morgan fingerprint density at radius 3 is 2.38 bits per heavy atom. The lowest BCUT2D eigenvalue weighted by atomic mass is 9.85. The summed E-state index contributed by atoms with van der Waals surface area (Å²) >= 11 is 0. The molecule has 2 rings (SSSR count). The zero-order valence-electron chi connectivity index (χ0n) is 16.5. The monoisotopic (exact) mass is 355 g/mol. The molecule has 2 aromatic rings. The summed E-state index contributed by atoms with van der Waals surface area (Å²) in [6, 6.07) is 7.32. The van der Waals surface area contributed by atoms with Gasteiger partial charge in [-0.2, -0.15) is 0 Å². The first-order chi connectivity index (χ1) is 12.0. The van der Waals surface area contributed by atoms with E-state index in [1.165, 1.54) is 5.56 Å². The molecular formula is C21H29N3O2. The van der Waals surface area contributed by atoms with Crippen molar-refractivity contribution in [3.05, 3.63) is 56.9 Å². The van der Waals surface area contributed by atoms with Gasteiger partial charge in [0.05, 0.1) is 6.04 Å². The first-order valence-corrected chi connectivity index (χ1v) is 8.88. The second-order valence-electron chi connectivity index (χ2n) is 7.94. The number of hydrogen-bond donors (Lipinski definition) is 3. The van der Waals surface area contributed by atoms with Crippen LogP contribution in [-0.4, -0.2) is 16.9 Å². The van der Waals surface area contributed by atoms with E-state index in [1.807, 2.05) is 6.92 Å². The molecule has 1 aromatic heterocycles. The number of H-pyrrole nitrogens is 1. The highest BCUT2D eigenvalue weighted by molar-refractivity contribution is 5.81. The Labute approximate surface area is 155 Å². The Bertz CT molecular complexity index is 874. The normalized spacial score (nSPS) is 12.7. The first kappa shape index (κ1) is 19.9. The lowest BCUT2D eigenvalue weighted by Gasteiger charge is -2.21. The topological polar surface area (TPSA) is 88.0 Å². The lowest BCUT2D eigenvalue weighted by molar-refractivity contribution is -0.122. The number of carbonyl (C=O) groups excluding carboxylic acids is 1. The fourth-order valence-electron chi connectivity index (χ4n) is 2.85. The van der Waals surface area contributed by atoms with Crippen LogP contribution in [0, 0.1) is 13.8 Å². The molecule has 0 aliphatic carbocycles. The summed E-state index contributed by atoms with van der Waals surface area (Å²) in [5.41, 5.74) is 11.0. The molecule has 0 fully saturated rings. The minimum atomic E-state index is -0.599. The molecule has 4 N–H and O–H groups in total. The van der Waals surface area contributed by atoms with Crippen molar-refractivity contribution < 1.29 is 4.79 Å². The smallest absolute Gasteiger partial charge is 0.236 e. The number of benzene rings is 1. The summed E-state index contributed by atoms with van der Waals surface area (Å²) in [6.45, 7) is 12.2. The number of aromatic nitrogens is 1. The van der Waals surface area contributed by atoms with Gasteiger partial charge in [0.1, 0.15) is 0 Å². The number of amides is 1. The maximum atomic E-state index is 12.6. The maximum absolute atomic E-state index is 12.6. The van der Waals surface area contributed by atoms with E-state index in [0.717, 1.165) is 22.5 Å². The van der Waals surface area contributed by atoms with Crippen LogP contribution in [0.25, 0.3) is 11.3 Å². The Kier molecular flexibility index (Phi) is 5.71. The molecule has 5 heteroatoms. The second-order valence-corrected chi connectivity index (χ2v) is 7.94. The standard InChI is InChI=1S/C21H29N3O2/c1-12-9-15(21(4,5)6)7-8-16(12)18-10-19(25)17(14(3)24-18)11-23-20(26)13(2)22/h7-10,13H,11,22H2,1-6H3,(H,23,26)(H,24,25)/t13-/m0/s1. The van der Waals surface area contributed by atoms with Crippen molar-refractivity contribution in [2.75, 3.05) is 0 Å². The third-order valence-electron chi connectivity index (χ3n) is 4.58. The van der Waals surface area contributed by atoms with E-state index < -0.39 is 6.04 Å². The predicted molar refractivity (Wildman–Crippen MR) is 106 cm³/mol. The van der Waals surface area contributed by atoms with Gasteiger partial charge in [-0.25, -0.2) is 0 Å². The molecule has 0 aliphatic heterocycles. The number of carbonyl (C=O) groups is 1. The molecule has 0 bridgehead atoms. The fourth-order valence-corrected chi connectivity index (χ4v) is 2.85. The van der Waals surface area contributed by atoms with Crippen LogP contribution in [-0.2, 0) is 16.8 Å². The Hall–Kier alpha value is -2.40. The van der Waals surface area contributed by atoms with Crippen molar-refractivity contribution in [2.45, 2.75) is 59.5 Å². The average Bonchev–Trinajstić information content (AvgIpc) is 2.52. The zero-order valence-corrected chi connectivity index (χ0v) is 16.5. The van der Waals surface area contributed by atoms with Gasteiger partial charge in [-0.05, 0) is 37.3 Å². The lowest BCUT2D eigenvalue weighted by Crippen LogP contribution is -2.38. The predicted octanol–water partition coefficient (Wildman–Crippen LogP) is 2.92. The van der Waals surface area contributed by atoms with E-state index in [4.69, 9.17) is 5.73 Å². The van der Waals surface area contributed by atoms with Crippen molar-refractivity contribution in [2.24, 2.45) is 5.73 Å². The van der Waals surface area contributed by atoms with Gasteiger partial charge in [0, 0.05) is 35.1 Å². The van der Waals surface area contributed by atoms with Crippen molar-refractivity contribution in [3.63, 3.8) is 0 Å². The molecule has 1 amide bonds. The summed E-state index contributed by atoms with van der Waals surface area (Å²) in [5, 5.41) is 2.69. The van der Waals surface area contributed by atoms with Gasteiger partial charge in [0.2, 0.25) is 5.91 Å². The quantitative estimate of drug-likeness (QED) is 0.788. The molecule has 1 aromatic carbocycles. The van der Waals surface area contributed by atoms with Crippen molar-refractivity contribution in [1.29, 1.82) is 0 Å². The highest BCUT2D eigenvalue weighted by atomic mass is 16.2. The molecule has 0 unspecified atom stereocenters. The average molecular weight is 355 g/mol. The highest BCUT2D eigenvalue weighted by Gasteiger charge is 2.16. The Morgan fingerprint density at radius 2 is 1.88 bits per heavy atom. The zero-order chi connectivity index (χ0) is 19.6. The van der Waals surface area contributed by atoms with E-state index in [1.54, 1.807) is 13.0 Å². The van der Waals surface area contributed by atoms with Crippen LogP contribution >= 0.6 is 0 Å². The van der Waals surface area contributed by atoms with Crippen LogP contribution in [0.4, 0.5) is 0 Å². The summed E-state index contributed by atoms with van der Waals surface area (Å²) < 4.78 is 0. The molecule has 5 nitrogen and oxygen atoms in total. The second kappa shape index (κ2) is 7.46. The van der Waals surface area contributed by atoms with Crippen LogP contribution in [0.15, 0.2) is 29.1 Å². The number of aromatic amines is 1. The summed E-state index contributed by atoms with van der Waals surface area (Å²) in [4.78, 5) is 27.5. The molecule has 0 saturated heterocycles. The number of rotatable bonds is 4. The minimum Gasteiger partial charge on any atom is -0.358 e. The Morgan fingerprint density at radius 1 is 1.23 bits per heavy atom. The molecule has 0 radical (unpaired) electrons. The SMILES string of the molecule is Cc1cc(C(C)(C)C)ccc1-c1cc(=O)c(CNC(=O)[C@H](C)N)c(C)[nH]1. The number of nitrogens with two attached hydrogens (primary N) is 1. The van der Waals surface area contributed by atoms with Gasteiger partial charge in [0.25, 0.3) is 0 Å². The highest BCUT2D eigenvalue weighted by Crippen LogP contribution is 2.28. The van der Waals surface area contributed by atoms with Gasteiger partial charge >= 0.3 is 0 Å². The number of pyridine rings is 1. The van der Waals surface area contributed by atoms with E-state index in [9.17, 15) is 9.59 Å². The van der Waals surface area contributed by atoms with E-state index in [0.29, 0.717) is 5.56 Å². The molecule has 1 atom stereocenters. The van der Waals surface area contributed by atoms with E-state index >= 15 is 0 Å². The largest absolute Gasteiger partial charge is 0.358 e. The van der Waals surface area contributed by atoms with Crippen LogP contribution in [0.5, 0.6) is 0 Å². The van der Waals surface area contributed by atoms with Gasteiger partial charge in [-0.3, -0.25) is 9.59 Å². The molecule has 0 saturated carbocycles. The molecule has 0 aliphatic rings. The van der Waals surface area contributed by atoms with E-state index in [-0.39, 0.29) is 23.3 Å². The maximum Gasteiger partial charge on any atom is 0.236 e. The third-order valence-corrected chi connectivity index (χ3v) is 4.58. The minimum absolute atomic E-state index is 0.0782. The number of aryl methyl sites for hydroxylation is 2. The molecule has 1 heterocycles. The van der Waals surface area contributed by atoms with E-state index in [2.05, 4.69) is 56.2 Å². The van der Waals surface area contributed by atoms with Crippen LogP contribution in [0.3, 0.4) is 0 Å². The molecule has 140 valence electrons. The molecule has 0 spiro atoms. The number of nitrogens with one attached hydrogen (secondary N) is 2. The van der Waals surface area contributed by atoms with Crippen molar-refractivity contribution in [3.8, 4) is 11.3 Å². The van der Waals surface area contributed by atoms with Gasteiger partial charge in [-0.1, -0.05) is 39.0 Å². The Balaban J connectivity index is 2.36. The number of hydrogen-bond acceptors (Lipinski definition) is 3.